The molecule has 0 fully saturated rings. The Hall–Kier alpha value is -3.36. The number of aliphatic imine (C=N–C) groups is 1. The molecule has 1 aliphatic heterocycles. The fraction of sp³-hybridized carbons (Fsp3) is 0.0667. The summed E-state index contributed by atoms with van der Waals surface area (Å²) >= 11 is 0. The van der Waals surface area contributed by atoms with Crippen molar-refractivity contribution in [1.29, 1.82) is 15.8 Å². The van der Waals surface area contributed by atoms with Crippen molar-refractivity contribution >= 4 is 11.5 Å². The van der Waals surface area contributed by atoms with Gasteiger partial charge in [-0.3, -0.25) is 4.57 Å². The van der Waals surface area contributed by atoms with E-state index in [0.717, 1.165) is 11.1 Å². The molecule has 0 radical (unpaired) electrons. The van der Waals surface area contributed by atoms with Crippen LogP contribution in [0.25, 0.3) is 11.1 Å². The van der Waals surface area contributed by atoms with Crippen LogP contribution in [-0.4, -0.2) is 10.3 Å². The highest BCUT2D eigenvalue weighted by atomic mass is 15.2. The van der Waals surface area contributed by atoms with Crippen molar-refractivity contribution in [2.75, 3.05) is 0 Å². The van der Waals surface area contributed by atoms with Crippen LogP contribution in [0.2, 0.25) is 0 Å². The molecule has 0 amide bonds. The second kappa shape index (κ2) is 4.39. The SMILES string of the molecule is N#CC1=Nc2cc(-c3ccccc3)c(C#N)n2C1C#N. The molecule has 0 bridgehead atoms. The zero-order valence-corrected chi connectivity index (χ0v) is 10.3. The quantitative estimate of drug-likeness (QED) is 0.786. The Morgan fingerprint density at radius 3 is 2.40 bits per heavy atom. The second-order valence-corrected chi connectivity index (χ2v) is 4.25. The maximum absolute atomic E-state index is 9.39. The number of hydrogen-bond acceptors (Lipinski definition) is 4. The zero-order chi connectivity index (χ0) is 14.1. The highest BCUT2D eigenvalue weighted by Gasteiger charge is 2.31. The van der Waals surface area contributed by atoms with E-state index in [-0.39, 0.29) is 5.71 Å². The lowest BCUT2D eigenvalue weighted by atomic mass is 10.1. The first-order valence-electron chi connectivity index (χ1n) is 5.89. The minimum absolute atomic E-state index is 0.124. The topological polar surface area (TPSA) is 88.7 Å². The van der Waals surface area contributed by atoms with Gasteiger partial charge >= 0.3 is 0 Å². The predicted molar refractivity (Wildman–Crippen MR) is 71.9 cm³/mol. The highest BCUT2D eigenvalue weighted by molar-refractivity contribution is 6.07. The number of hydrogen-bond donors (Lipinski definition) is 0. The first-order valence-corrected chi connectivity index (χ1v) is 5.89. The summed E-state index contributed by atoms with van der Waals surface area (Å²) in [4.78, 5) is 4.12. The Morgan fingerprint density at radius 1 is 1.05 bits per heavy atom. The number of fused-ring (bicyclic) bond motifs is 1. The van der Waals surface area contributed by atoms with Crippen LogP contribution in [0, 0.1) is 34.0 Å². The van der Waals surface area contributed by atoms with Gasteiger partial charge in [-0.25, -0.2) is 4.99 Å². The largest absolute Gasteiger partial charge is 0.294 e. The van der Waals surface area contributed by atoms with E-state index in [4.69, 9.17) is 5.26 Å². The summed E-state index contributed by atoms with van der Waals surface area (Å²) in [6.07, 6.45) is 0. The molecule has 5 nitrogen and oxygen atoms in total. The highest BCUT2D eigenvalue weighted by Crippen LogP contribution is 2.38. The summed E-state index contributed by atoms with van der Waals surface area (Å²) in [6.45, 7) is 0. The molecule has 5 heteroatoms. The molecule has 0 spiro atoms. The lowest BCUT2D eigenvalue weighted by molar-refractivity contribution is 0.801. The van der Waals surface area contributed by atoms with E-state index in [1.165, 1.54) is 4.57 Å². The minimum atomic E-state index is -0.817. The van der Waals surface area contributed by atoms with Gasteiger partial charge in [0.25, 0.3) is 0 Å². The Labute approximate surface area is 115 Å². The average Bonchev–Trinajstić information content (AvgIpc) is 3.02. The van der Waals surface area contributed by atoms with Crippen LogP contribution >= 0.6 is 0 Å². The van der Waals surface area contributed by atoms with Gasteiger partial charge in [0.2, 0.25) is 0 Å². The third-order valence-electron chi connectivity index (χ3n) is 3.20. The molecule has 1 atom stereocenters. The lowest BCUT2D eigenvalue weighted by Gasteiger charge is -2.06. The van der Waals surface area contributed by atoms with Crippen molar-refractivity contribution in [1.82, 2.24) is 4.57 Å². The molecule has 0 saturated heterocycles. The monoisotopic (exact) mass is 257 g/mol. The van der Waals surface area contributed by atoms with Crippen LogP contribution in [0.15, 0.2) is 41.4 Å². The van der Waals surface area contributed by atoms with Crippen molar-refractivity contribution in [2.24, 2.45) is 4.99 Å². The second-order valence-electron chi connectivity index (χ2n) is 4.25. The van der Waals surface area contributed by atoms with Gasteiger partial charge in [-0.15, -0.1) is 0 Å². The summed E-state index contributed by atoms with van der Waals surface area (Å²) in [5.74, 6) is 0.475. The Morgan fingerprint density at radius 2 is 1.80 bits per heavy atom. The molecular weight excluding hydrogens is 250 g/mol. The maximum Gasteiger partial charge on any atom is 0.175 e. The maximum atomic E-state index is 9.39. The van der Waals surface area contributed by atoms with E-state index in [2.05, 4.69) is 11.1 Å². The van der Waals surface area contributed by atoms with Crippen molar-refractivity contribution in [3.05, 3.63) is 42.1 Å². The molecule has 1 aromatic carbocycles. The molecule has 1 aromatic heterocycles. The molecule has 20 heavy (non-hydrogen) atoms. The molecule has 2 aromatic rings. The van der Waals surface area contributed by atoms with Crippen molar-refractivity contribution in [3.8, 4) is 29.3 Å². The molecule has 92 valence electrons. The van der Waals surface area contributed by atoms with Gasteiger partial charge in [0.15, 0.2) is 11.8 Å². The van der Waals surface area contributed by atoms with Gasteiger partial charge in [0.1, 0.15) is 23.7 Å². The zero-order valence-electron chi connectivity index (χ0n) is 10.3. The molecule has 1 aliphatic rings. The summed E-state index contributed by atoms with van der Waals surface area (Å²) in [5.41, 5.74) is 2.09. The molecular formula is C15H7N5. The van der Waals surface area contributed by atoms with Crippen LogP contribution in [0.3, 0.4) is 0 Å². The Balaban J connectivity index is 2.25. The fourth-order valence-electron chi connectivity index (χ4n) is 2.32. The third-order valence-corrected chi connectivity index (χ3v) is 3.20. The van der Waals surface area contributed by atoms with Crippen LogP contribution in [0.4, 0.5) is 5.82 Å². The summed E-state index contributed by atoms with van der Waals surface area (Å²) in [5, 5.41) is 27.6. The summed E-state index contributed by atoms with van der Waals surface area (Å²) in [6, 6.07) is 16.4. The fourth-order valence-corrected chi connectivity index (χ4v) is 2.32. The van der Waals surface area contributed by atoms with Crippen LogP contribution in [0.1, 0.15) is 11.7 Å². The predicted octanol–water partition coefficient (Wildman–Crippen LogP) is 2.70. The van der Waals surface area contributed by atoms with Crippen LogP contribution < -0.4 is 0 Å². The van der Waals surface area contributed by atoms with Gasteiger partial charge in [0, 0.05) is 5.56 Å². The molecule has 2 heterocycles. The van der Waals surface area contributed by atoms with Gasteiger partial charge < -0.3 is 0 Å². The van der Waals surface area contributed by atoms with Gasteiger partial charge in [-0.2, -0.15) is 15.8 Å². The Kier molecular flexibility index (Phi) is 2.57. The summed E-state index contributed by atoms with van der Waals surface area (Å²) < 4.78 is 1.51. The first-order chi connectivity index (χ1) is 9.80. The van der Waals surface area contributed by atoms with Gasteiger partial charge in [-0.1, -0.05) is 30.3 Å². The molecule has 0 aliphatic carbocycles. The number of aromatic nitrogens is 1. The van der Waals surface area contributed by atoms with E-state index in [0.29, 0.717) is 11.5 Å². The first kappa shape index (κ1) is 11.7. The van der Waals surface area contributed by atoms with E-state index in [1.54, 1.807) is 6.07 Å². The average molecular weight is 257 g/mol. The van der Waals surface area contributed by atoms with Gasteiger partial charge in [-0.05, 0) is 11.6 Å². The lowest BCUT2D eigenvalue weighted by Crippen LogP contribution is -2.12. The minimum Gasteiger partial charge on any atom is -0.294 e. The van der Waals surface area contributed by atoms with Crippen LogP contribution in [-0.2, 0) is 0 Å². The van der Waals surface area contributed by atoms with Gasteiger partial charge in [0.05, 0.1) is 6.07 Å². The van der Waals surface area contributed by atoms with E-state index >= 15 is 0 Å². The number of nitriles is 3. The van der Waals surface area contributed by atoms with Crippen molar-refractivity contribution in [3.63, 3.8) is 0 Å². The molecule has 0 N–H and O–H groups in total. The summed E-state index contributed by atoms with van der Waals surface area (Å²) in [7, 11) is 0. The van der Waals surface area contributed by atoms with E-state index in [1.807, 2.05) is 42.5 Å². The normalized spacial score (nSPS) is 15.7. The number of rotatable bonds is 1. The van der Waals surface area contributed by atoms with E-state index in [9.17, 15) is 10.5 Å². The van der Waals surface area contributed by atoms with E-state index < -0.39 is 6.04 Å². The smallest absolute Gasteiger partial charge is 0.175 e. The standard InChI is InChI=1S/C15H7N5/c16-7-12-14(9-18)20-13(8-17)11(6-15(20)19-12)10-4-2-1-3-5-10/h1-6,14H. The van der Waals surface area contributed by atoms with Crippen molar-refractivity contribution < 1.29 is 0 Å². The number of nitrogens with zero attached hydrogens (tertiary/aromatic N) is 5. The molecule has 1 unspecified atom stereocenters. The van der Waals surface area contributed by atoms with Crippen LogP contribution in [0.5, 0.6) is 0 Å². The third kappa shape index (κ3) is 1.50. The Bertz CT molecular complexity index is 837. The molecule has 0 saturated carbocycles. The molecule has 3 rings (SSSR count). The van der Waals surface area contributed by atoms with Crippen molar-refractivity contribution in [2.45, 2.75) is 6.04 Å². The number of benzene rings is 1.